The lowest BCUT2D eigenvalue weighted by Crippen LogP contribution is -2.39. The Hall–Kier alpha value is -0.180. The molecule has 0 aromatic rings. The van der Waals surface area contributed by atoms with Crippen molar-refractivity contribution in [2.75, 3.05) is 12.8 Å². The zero-order valence-electron chi connectivity index (χ0n) is 8.06. The number of nitrogens with zero attached hydrogens (tertiary/aromatic N) is 1. The van der Waals surface area contributed by atoms with Crippen LogP contribution in [0.15, 0.2) is 4.99 Å². The normalized spacial score (nSPS) is 13.4. The maximum Gasteiger partial charge on any atom is 0.156 e. The molecule has 0 aliphatic carbocycles. The number of nitrogens with one attached hydrogen (secondary N) is 1. The summed E-state index contributed by atoms with van der Waals surface area (Å²) in [6, 6.07) is 0. The van der Waals surface area contributed by atoms with Crippen LogP contribution in [0.3, 0.4) is 0 Å². The predicted octanol–water partition coefficient (Wildman–Crippen LogP) is 2.11. The molecule has 0 aliphatic rings. The van der Waals surface area contributed by atoms with Crippen LogP contribution in [0.1, 0.15) is 27.7 Å². The van der Waals surface area contributed by atoms with E-state index in [4.69, 9.17) is 0 Å². The van der Waals surface area contributed by atoms with E-state index in [1.807, 2.05) is 13.2 Å². The van der Waals surface area contributed by atoms with Crippen LogP contribution in [0, 0.1) is 0 Å². The van der Waals surface area contributed by atoms with E-state index < -0.39 is 0 Å². The van der Waals surface area contributed by atoms with Crippen LogP contribution < -0.4 is 5.32 Å². The van der Waals surface area contributed by atoms with E-state index in [0.717, 1.165) is 11.7 Å². The standard InChI is InChI=1S/C8H18N2S/c1-6-9-7(11-5)10-8(2,3)4/h6H2,1-5H3,(H,9,10). The average Bonchev–Trinajstić information content (AvgIpc) is 1.84. The van der Waals surface area contributed by atoms with Crippen molar-refractivity contribution in [3.63, 3.8) is 0 Å². The van der Waals surface area contributed by atoms with Crippen LogP contribution in [0.4, 0.5) is 0 Å². The Morgan fingerprint density at radius 2 is 2.00 bits per heavy atom. The van der Waals surface area contributed by atoms with Gasteiger partial charge < -0.3 is 5.32 Å². The van der Waals surface area contributed by atoms with Crippen molar-refractivity contribution in [1.82, 2.24) is 5.32 Å². The summed E-state index contributed by atoms with van der Waals surface area (Å²) in [7, 11) is 0. The maximum absolute atomic E-state index is 4.30. The average molecular weight is 174 g/mol. The lowest BCUT2D eigenvalue weighted by Gasteiger charge is -2.22. The molecule has 1 N–H and O–H groups in total. The highest BCUT2D eigenvalue weighted by atomic mass is 32.2. The summed E-state index contributed by atoms with van der Waals surface area (Å²) in [5, 5.41) is 4.35. The Kier molecular flexibility index (Phi) is 4.57. The van der Waals surface area contributed by atoms with E-state index >= 15 is 0 Å². The molecule has 0 aromatic heterocycles. The molecule has 0 saturated heterocycles. The summed E-state index contributed by atoms with van der Waals surface area (Å²) >= 11 is 1.66. The Morgan fingerprint density at radius 1 is 1.45 bits per heavy atom. The number of aliphatic imine (C=N–C) groups is 1. The van der Waals surface area contributed by atoms with Gasteiger partial charge in [0.2, 0.25) is 0 Å². The second kappa shape index (κ2) is 4.65. The van der Waals surface area contributed by atoms with Crippen LogP contribution in [0.25, 0.3) is 0 Å². The molecule has 0 aromatic carbocycles. The zero-order chi connectivity index (χ0) is 8.91. The Labute approximate surface area is 73.9 Å². The topological polar surface area (TPSA) is 24.4 Å². The van der Waals surface area contributed by atoms with Crippen molar-refractivity contribution in [3.8, 4) is 0 Å². The third kappa shape index (κ3) is 6.23. The van der Waals surface area contributed by atoms with Gasteiger partial charge in [0.25, 0.3) is 0 Å². The van der Waals surface area contributed by atoms with Gasteiger partial charge in [-0.2, -0.15) is 0 Å². The monoisotopic (exact) mass is 174 g/mol. The molecule has 0 rings (SSSR count). The highest BCUT2D eigenvalue weighted by Crippen LogP contribution is 2.04. The minimum Gasteiger partial charge on any atom is -0.360 e. The number of hydrogen-bond acceptors (Lipinski definition) is 2. The molecule has 11 heavy (non-hydrogen) atoms. The molecular weight excluding hydrogens is 156 g/mol. The van der Waals surface area contributed by atoms with E-state index in [2.05, 4.69) is 31.1 Å². The van der Waals surface area contributed by atoms with Crippen LogP contribution >= 0.6 is 11.8 Å². The van der Waals surface area contributed by atoms with Crippen molar-refractivity contribution in [3.05, 3.63) is 0 Å². The summed E-state index contributed by atoms with van der Waals surface area (Å²) in [5.41, 5.74) is 0.122. The van der Waals surface area contributed by atoms with E-state index in [9.17, 15) is 0 Å². The van der Waals surface area contributed by atoms with Gasteiger partial charge in [-0.25, -0.2) is 0 Å². The highest BCUT2D eigenvalue weighted by Gasteiger charge is 2.10. The van der Waals surface area contributed by atoms with Gasteiger partial charge in [-0.1, -0.05) is 11.8 Å². The molecule has 0 unspecified atom stereocenters. The molecule has 0 fully saturated rings. The molecule has 0 atom stereocenters. The van der Waals surface area contributed by atoms with Gasteiger partial charge in [-0.3, -0.25) is 4.99 Å². The summed E-state index contributed by atoms with van der Waals surface area (Å²) < 4.78 is 0. The van der Waals surface area contributed by atoms with Crippen molar-refractivity contribution < 1.29 is 0 Å². The van der Waals surface area contributed by atoms with Crippen LogP contribution in [0.5, 0.6) is 0 Å². The van der Waals surface area contributed by atoms with E-state index in [1.165, 1.54) is 0 Å². The lowest BCUT2D eigenvalue weighted by molar-refractivity contribution is 0.515. The van der Waals surface area contributed by atoms with Gasteiger partial charge in [0.15, 0.2) is 5.17 Å². The molecule has 0 saturated carbocycles. The first-order chi connectivity index (χ1) is 4.99. The van der Waals surface area contributed by atoms with Gasteiger partial charge in [-0.05, 0) is 34.0 Å². The second-order valence-electron chi connectivity index (χ2n) is 3.36. The van der Waals surface area contributed by atoms with Crippen molar-refractivity contribution in [2.24, 2.45) is 4.99 Å². The molecule has 66 valence electrons. The fourth-order valence-corrected chi connectivity index (χ4v) is 1.29. The van der Waals surface area contributed by atoms with Gasteiger partial charge in [0.05, 0.1) is 0 Å². The molecule has 0 radical (unpaired) electrons. The SMILES string of the molecule is CCN=C(NC(C)(C)C)SC. The predicted molar refractivity (Wildman–Crippen MR) is 54.4 cm³/mol. The summed E-state index contributed by atoms with van der Waals surface area (Å²) in [4.78, 5) is 4.30. The van der Waals surface area contributed by atoms with Crippen LogP contribution in [0.2, 0.25) is 0 Å². The smallest absolute Gasteiger partial charge is 0.156 e. The summed E-state index contributed by atoms with van der Waals surface area (Å²) in [6.07, 6.45) is 2.03. The molecule has 0 amide bonds. The van der Waals surface area contributed by atoms with Crippen LogP contribution in [-0.4, -0.2) is 23.5 Å². The molecule has 0 aliphatic heterocycles. The number of hydrogen-bond donors (Lipinski definition) is 1. The minimum absolute atomic E-state index is 0.122. The van der Waals surface area contributed by atoms with Gasteiger partial charge in [-0.15, -0.1) is 0 Å². The first-order valence-electron chi connectivity index (χ1n) is 3.86. The zero-order valence-corrected chi connectivity index (χ0v) is 8.88. The van der Waals surface area contributed by atoms with Crippen molar-refractivity contribution >= 4 is 16.9 Å². The third-order valence-electron chi connectivity index (χ3n) is 0.977. The number of amidine groups is 1. The Bertz CT molecular complexity index is 136. The quantitative estimate of drug-likeness (QED) is 0.486. The van der Waals surface area contributed by atoms with Gasteiger partial charge >= 0.3 is 0 Å². The second-order valence-corrected chi connectivity index (χ2v) is 4.15. The maximum atomic E-state index is 4.30. The number of rotatable bonds is 1. The number of thioether (sulfide) groups is 1. The summed E-state index contributed by atoms with van der Waals surface area (Å²) in [6.45, 7) is 9.29. The van der Waals surface area contributed by atoms with Crippen molar-refractivity contribution in [1.29, 1.82) is 0 Å². The van der Waals surface area contributed by atoms with Gasteiger partial charge in [0, 0.05) is 12.1 Å². The Balaban J connectivity index is 3.99. The molecule has 0 bridgehead atoms. The fourth-order valence-electron chi connectivity index (χ4n) is 0.620. The fraction of sp³-hybridized carbons (Fsp3) is 0.875. The molecule has 0 heterocycles. The lowest BCUT2D eigenvalue weighted by atomic mass is 10.1. The first-order valence-corrected chi connectivity index (χ1v) is 5.08. The van der Waals surface area contributed by atoms with Gasteiger partial charge in [0.1, 0.15) is 0 Å². The Morgan fingerprint density at radius 3 is 2.27 bits per heavy atom. The largest absolute Gasteiger partial charge is 0.360 e. The summed E-state index contributed by atoms with van der Waals surface area (Å²) in [5.74, 6) is 0. The van der Waals surface area contributed by atoms with Crippen LogP contribution in [-0.2, 0) is 0 Å². The highest BCUT2D eigenvalue weighted by molar-refractivity contribution is 8.13. The molecule has 3 heteroatoms. The first kappa shape index (κ1) is 10.8. The minimum atomic E-state index is 0.122. The molecule has 0 spiro atoms. The third-order valence-corrected chi connectivity index (χ3v) is 1.59. The van der Waals surface area contributed by atoms with E-state index in [0.29, 0.717) is 0 Å². The molecular formula is C8H18N2S. The molecule has 2 nitrogen and oxygen atoms in total. The van der Waals surface area contributed by atoms with Crippen molar-refractivity contribution in [2.45, 2.75) is 33.2 Å². The van der Waals surface area contributed by atoms with E-state index in [-0.39, 0.29) is 5.54 Å². The van der Waals surface area contributed by atoms with E-state index in [1.54, 1.807) is 11.8 Å².